The number of para-hydroxylation sites is 2. The molecule has 2 N–H and O–H groups in total. The Bertz CT molecular complexity index is 748. The first-order valence-electron chi connectivity index (χ1n) is 8.32. The van der Waals surface area contributed by atoms with Crippen molar-refractivity contribution < 1.29 is 19.1 Å². The van der Waals surface area contributed by atoms with E-state index in [0.717, 1.165) is 5.69 Å². The number of carbonyl (C=O) groups excluding carboxylic acids is 2. The van der Waals surface area contributed by atoms with E-state index in [0.29, 0.717) is 31.0 Å². The zero-order valence-electron chi connectivity index (χ0n) is 14.3. The minimum atomic E-state index is -0.526. The highest BCUT2D eigenvalue weighted by atomic mass is 16.5. The van der Waals surface area contributed by atoms with Crippen molar-refractivity contribution in [1.82, 2.24) is 5.32 Å². The van der Waals surface area contributed by atoms with Crippen LogP contribution in [0.5, 0.6) is 0 Å². The second kappa shape index (κ2) is 7.48. The average molecular weight is 343 g/mol. The summed E-state index contributed by atoms with van der Waals surface area (Å²) in [6.07, 6.45) is 0.658. The molecule has 2 aliphatic heterocycles. The molecule has 0 aromatic heterocycles. The topological polar surface area (TPSA) is 89.0 Å². The van der Waals surface area contributed by atoms with Gasteiger partial charge in [0.05, 0.1) is 30.5 Å². The lowest BCUT2D eigenvalue weighted by atomic mass is 10.1. The third-order valence-corrected chi connectivity index (χ3v) is 4.09. The number of ether oxygens (including phenoxy) is 2. The van der Waals surface area contributed by atoms with E-state index < -0.39 is 5.97 Å². The molecule has 7 heteroatoms. The van der Waals surface area contributed by atoms with Gasteiger partial charge in [-0.3, -0.25) is 4.79 Å². The van der Waals surface area contributed by atoms with E-state index in [1.54, 1.807) is 13.8 Å². The number of benzene rings is 1. The number of allylic oxidation sites excluding steroid dienone is 1. The highest BCUT2D eigenvalue weighted by Gasteiger charge is 2.29. The number of nitrogens with zero attached hydrogens (tertiary/aromatic N) is 1. The maximum Gasteiger partial charge on any atom is 0.343 e. The molecule has 1 unspecified atom stereocenters. The smallest absolute Gasteiger partial charge is 0.343 e. The summed E-state index contributed by atoms with van der Waals surface area (Å²) >= 11 is 0. The molecule has 2 aliphatic rings. The first-order chi connectivity index (χ1) is 12.1. The summed E-state index contributed by atoms with van der Waals surface area (Å²) in [5.41, 5.74) is 2.20. The van der Waals surface area contributed by atoms with Gasteiger partial charge in [-0.2, -0.15) is 0 Å². The lowest BCUT2D eigenvalue weighted by Crippen LogP contribution is -2.39. The second-order valence-electron chi connectivity index (χ2n) is 5.87. The molecule has 25 heavy (non-hydrogen) atoms. The summed E-state index contributed by atoms with van der Waals surface area (Å²) in [5.74, 6) is -0.768. The fourth-order valence-electron chi connectivity index (χ4n) is 2.80. The minimum absolute atomic E-state index is 0.199. The van der Waals surface area contributed by atoms with Gasteiger partial charge >= 0.3 is 5.97 Å². The van der Waals surface area contributed by atoms with Gasteiger partial charge in [-0.1, -0.05) is 12.1 Å². The van der Waals surface area contributed by atoms with Crippen molar-refractivity contribution in [2.75, 3.05) is 25.1 Å². The lowest BCUT2D eigenvalue weighted by Gasteiger charge is -2.15. The van der Waals surface area contributed by atoms with Crippen molar-refractivity contribution in [1.29, 1.82) is 0 Å². The van der Waals surface area contributed by atoms with E-state index >= 15 is 0 Å². The fourth-order valence-corrected chi connectivity index (χ4v) is 2.80. The zero-order valence-corrected chi connectivity index (χ0v) is 14.3. The normalized spacial score (nSPS) is 19.4. The Morgan fingerprint density at radius 2 is 2.20 bits per heavy atom. The van der Waals surface area contributed by atoms with Crippen LogP contribution in [0.4, 0.5) is 11.4 Å². The predicted octanol–water partition coefficient (Wildman–Crippen LogP) is 2.13. The maximum absolute atomic E-state index is 12.5. The maximum atomic E-state index is 12.5. The van der Waals surface area contributed by atoms with Gasteiger partial charge in [-0.05, 0) is 32.4 Å². The van der Waals surface area contributed by atoms with Gasteiger partial charge in [0.2, 0.25) is 5.91 Å². The van der Waals surface area contributed by atoms with Crippen molar-refractivity contribution in [3.63, 3.8) is 0 Å². The Morgan fingerprint density at radius 3 is 2.92 bits per heavy atom. The van der Waals surface area contributed by atoms with Gasteiger partial charge in [0.15, 0.2) is 0 Å². The van der Waals surface area contributed by atoms with Crippen LogP contribution in [0.25, 0.3) is 0 Å². The van der Waals surface area contributed by atoms with E-state index in [4.69, 9.17) is 9.47 Å². The summed E-state index contributed by atoms with van der Waals surface area (Å²) in [6, 6.07) is 7.40. The number of carbonyl (C=O) groups is 2. The molecule has 1 atom stereocenters. The third kappa shape index (κ3) is 3.71. The molecule has 1 saturated heterocycles. The highest BCUT2D eigenvalue weighted by molar-refractivity contribution is 6.24. The average Bonchev–Trinajstić information content (AvgIpc) is 3.07. The number of amides is 1. The molecule has 7 nitrogen and oxygen atoms in total. The quantitative estimate of drug-likeness (QED) is 0.821. The van der Waals surface area contributed by atoms with Crippen molar-refractivity contribution in [3.05, 3.63) is 35.5 Å². The Hall–Kier alpha value is -2.67. The number of aliphatic imine (C=N–C) groups is 1. The molecule has 0 saturated carbocycles. The largest absolute Gasteiger partial charge is 0.462 e. The standard InChI is InChI=1S/C18H21N3O4/c1-3-25-18(23)15-11(2)19-13-6-4-5-7-14(13)20-16(15)21-17(22)12-8-9-24-10-12/h4-7,12,19H,3,8-10H2,1-2H3,(H,20,21,22). The van der Waals surface area contributed by atoms with Crippen molar-refractivity contribution in [3.8, 4) is 0 Å². The second-order valence-corrected chi connectivity index (χ2v) is 5.87. The van der Waals surface area contributed by atoms with Crippen LogP contribution in [0.2, 0.25) is 0 Å². The molecule has 0 radical (unpaired) electrons. The molecular weight excluding hydrogens is 322 g/mol. The zero-order chi connectivity index (χ0) is 17.8. The van der Waals surface area contributed by atoms with E-state index in [9.17, 15) is 9.59 Å². The molecule has 132 valence electrons. The van der Waals surface area contributed by atoms with Gasteiger partial charge in [-0.25, -0.2) is 9.79 Å². The first kappa shape index (κ1) is 17.2. The first-order valence-corrected chi connectivity index (χ1v) is 8.32. The van der Waals surface area contributed by atoms with Gasteiger partial charge in [-0.15, -0.1) is 0 Å². The van der Waals surface area contributed by atoms with E-state index in [1.807, 2.05) is 24.3 Å². The summed E-state index contributed by atoms with van der Waals surface area (Å²) in [5, 5.41) is 5.97. The number of anilines is 1. The number of fused-ring (bicyclic) bond motifs is 1. The lowest BCUT2D eigenvalue weighted by molar-refractivity contribution is -0.137. The monoisotopic (exact) mass is 343 g/mol. The van der Waals surface area contributed by atoms with Crippen molar-refractivity contribution in [2.24, 2.45) is 10.9 Å². The summed E-state index contributed by atoms with van der Waals surface area (Å²) < 4.78 is 10.4. The molecule has 0 aliphatic carbocycles. The van der Waals surface area contributed by atoms with Gasteiger partial charge in [0, 0.05) is 12.3 Å². The Balaban J connectivity index is 1.98. The highest BCUT2D eigenvalue weighted by Crippen LogP contribution is 2.30. The Morgan fingerprint density at radius 1 is 1.40 bits per heavy atom. The fraction of sp³-hybridized carbons (Fsp3) is 0.389. The molecule has 0 bridgehead atoms. The molecule has 1 aromatic carbocycles. The van der Waals surface area contributed by atoms with Gasteiger partial charge in [0.25, 0.3) is 0 Å². The predicted molar refractivity (Wildman–Crippen MR) is 93.6 cm³/mol. The van der Waals surface area contributed by atoms with Crippen molar-refractivity contribution in [2.45, 2.75) is 20.3 Å². The number of esters is 1. The summed E-state index contributed by atoms with van der Waals surface area (Å²) in [7, 11) is 0. The van der Waals surface area contributed by atoms with Crippen LogP contribution in [-0.2, 0) is 19.1 Å². The molecule has 1 aromatic rings. The van der Waals surface area contributed by atoms with Gasteiger partial charge in [0.1, 0.15) is 11.4 Å². The van der Waals surface area contributed by atoms with Crippen LogP contribution in [0.15, 0.2) is 40.5 Å². The molecule has 1 amide bonds. The van der Waals surface area contributed by atoms with Crippen LogP contribution in [0.3, 0.4) is 0 Å². The van der Waals surface area contributed by atoms with Crippen LogP contribution in [-0.4, -0.2) is 37.5 Å². The number of nitrogens with one attached hydrogen (secondary N) is 2. The van der Waals surface area contributed by atoms with Crippen LogP contribution >= 0.6 is 0 Å². The van der Waals surface area contributed by atoms with Crippen LogP contribution in [0.1, 0.15) is 20.3 Å². The van der Waals surface area contributed by atoms with E-state index in [2.05, 4.69) is 15.6 Å². The molecule has 3 rings (SSSR count). The number of hydrogen-bond donors (Lipinski definition) is 2. The number of hydrogen-bond acceptors (Lipinski definition) is 6. The van der Waals surface area contributed by atoms with Crippen LogP contribution < -0.4 is 10.6 Å². The number of rotatable bonds is 3. The Labute approximate surface area is 146 Å². The van der Waals surface area contributed by atoms with Crippen LogP contribution in [0, 0.1) is 5.92 Å². The minimum Gasteiger partial charge on any atom is -0.462 e. The van der Waals surface area contributed by atoms with E-state index in [-0.39, 0.29) is 29.8 Å². The number of amidine groups is 1. The molecule has 2 heterocycles. The summed E-state index contributed by atoms with van der Waals surface area (Å²) in [6.45, 7) is 4.67. The van der Waals surface area contributed by atoms with Crippen molar-refractivity contribution >= 4 is 29.1 Å². The molecule has 0 spiro atoms. The summed E-state index contributed by atoms with van der Waals surface area (Å²) in [4.78, 5) is 29.5. The molecular formula is C18H21N3O4. The SMILES string of the molecule is CCOC(=O)C1=C(C)Nc2ccccc2N=C1NC(=O)C1CCOC1. The van der Waals surface area contributed by atoms with Gasteiger partial charge < -0.3 is 20.1 Å². The molecule has 1 fully saturated rings. The Kier molecular flexibility index (Phi) is 5.14. The third-order valence-electron chi connectivity index (χ3n) is 4.09. The van der Waals surface area contributed by atoms with E-state index in [1.165, 1.54) is 0 Å².